The van der Waals surface area contributed by atoms with E-state index in [1.165, 1.54) is 26.1 Å². The minimum atomic E-state index is -5.05. The third-order valence-electron chi connectivity index (χ3n) is 7.67. The van der Waals surface area contributed by atoms with Gasteiger partial charge < -0.3 is 19.7 Å². The lowest BCUT2D eigenvalue weighted by Crippen LogP contribution is -2.21. The number of ether oxygens (including phenoxy) is 2. The van der Waals surface area contributed by atoms with Crippen LogP contribution >= 0.6 is 0 Å². The van der Waals surface area contributed by atoms with Gasteiger partial charge in [-0.2, -0.15) is 13.2 Å². The monoisotopic (exact) mass is 595 g/mol. The summed E-state index contributed by atoms with van der Waals surface area (Å²) in [5, 5.41) is 19.1. The fourth-order valence-electron chi connectivity index (χ4n) is 5.50. The lowest BCUT2D eigenvalue weighted by molar-refractivity contribution is -0.139. The molecule has 0 aliphatic heterocycles. The smallest absolute Gasteiger partial charge is 0.417 e. The van der Waals surface area contributed by atoms with Crippen molar-refractivity contribution in [1.29, 1.82) is 0 Å². The molecule has 0 bridgehead atoms. The number of pyridine rings is 1. The number of hydrogen-bond donors (Lipinski definition) is 2. The molecule has 1 aromatic heterocycles. The number of carboxylic acid groups (broad SMARTS) is 1. The van der Waals surface area contributed by atoms with Crippen LogP contribution in [0.25, 0.3) is 11.1 Å². The summed E-state index contributed by atoms with van der Waals surface area (Å²) < 4.78 is 95.9. The Labute approximate surface area is 236 Å². The van der Waals surface area contributed by atoms with Crippen LogP contribution in [0, 0.1) is 17.7 Å². The fraction of sp³-hybridized carbons (Fsp3) is 0.400. The van der Waals surface area contributed by atoms with E-state index in [0.29, 0.717) is 6.42 Å². The number of carbonyl (C=O) groups is 1. The maximum absolute atomic E-state index is 14.9. The molecule has 5 rings (SSSR count). The SMILES string of the molecule is CC(C)(O)CCOc1ccc(-c2cc(COc3cc4c(cn3)C3C(C4)C3C(=O)O)c(F)cc2C(F)(F)F)c(C(F)F)c1. The summed E-state index contributed by atoms with van der Waals surface area (Å²) in [7, 11) is 0. The molecule has 0 saturated heterocycles. The molecule has 0 radical (unpaired) electrons. The second-order valence-corrected chi connectivity index (χ2v) is 11.2. The van der Waals surface area contributed by atoms with Gasteiger partial charge >= 0.3 is 12.1 Å². The molecule has 2 aromatic carbocycles. The van der Waals surface area contributed by atoms with Crippen molar-refractivity contribution in [2.75, 3.05) is 6.61 Å². The minimum Gasteiger partial charge on any atom is -0.493 e. The lowest BCUT2D eigenvalue weighted by atomic mass is 9.93. The van der Waals surface area contributed by atoms with Gasteiger partial charge in [0.1, 0.15) is 18.2 Å². The number of hydrogen-bond acceptors (Lipinski definition) is 5. The first-order chi connectivity index (χ1) is 19.6. The van der Waals surface area contributed by atoms with Gasteiger partial charge in [-0.25, -0.2) is 18.2 Å². The summed E-state index contributed by atoms with van der Waals surface area (Å²) in [6.07, 6.45) is -6.03. The van der Waals surface area contributed by atoms with E-state index in [-0.39, 0.29) is 48.1 Å². The molecular weight excluding hydrogens is 568 g/mol. The molecule has 0 amide bonds. The van der Waals surface area contributed by atoms with E-state index < -0.39 is 64.8 Å². The summed E-state index contributed by atoms with van der Waals surface area (Å²) in [6, 6.07) is 5.92. The van der Waals surface area contributed by atoms with E-state index in [0.717, 1.165) is 29.3 Å². The van der Waals surface area contributed by atoms with Gasteiger partial charge in [0.15, 0.2) is 0 Å². The first-order valence-corrected chi connectivity index (χ1v) is 13.2. The van der Waals surface area contributed by atoms with Crippen LogP contribution < -0.4 is 9.47 Å². The number of halogens is 6. The van der Waals surface area contributed by atoms with Gasteiger partial charge in [0.25, 0.3) is 6.43 Å². The fourth-order valence-corrected chi connectivity index (χ4v) is 5.50. The number of alkyl halides is 5. The molecule has 1 fully saturated rings. The van der Waals surface area contributed by atoms with Crippen molar-refractivity contribution >= 4 is 5.97 Å². The Bertz CT molecular complexity index is 1520. The van der Waals surface area contributed by atoms with Gasteiger partial charge in [0, 0.05) is 35.7 Å². The van der Waals surface area contributed by atoms with Crippen LogP contribution in [0.3, 0.4) is 0 Å². The van der Waals surface area contributed by atoms with Crippen LogP contribution in [0.4, 0.5) is 26.3 Å². The summed E-state index contributed by atoms with van der Waals surface area (Å²) >= 11 is 0. The normalized spacial score (nSPS) is 19.4. The van der Waals surface area contributed by atoms with Gasteiger partial charge in [0.2, 0.25) is 5.88 Å². The molecule has 42 heavy (non-hydrogen) atoms. The molecule has 3 aromatic rings. The number of aliphatic carboxylic acids is 1. The quantitative estimate of drug-likeness (QED) is 0.247. The van der Waals surface area contributed by atoms with Gasteiger partial charge in [0.05, 0.1) is 23.7 Å². The average molecular weight is 596 g/mol. The Morgan fingerprint density at radius 1 is 1.10 bits per heavy atom. The predicted octanol–water partition coefficient (Wildman–Crippen LogP) is 6.93. The number of fused-ring (bicyclic) bond motifs is 3. The molecular formula is C30H27F6NO5. The van der Waals surface area contributed by atoms with Gasteiger partial charge in [-0.3, -0.25) is 4.79 Å². The Kier molecular flexibility index (Phi) is 7.63. The Morgan fingerprint density at radius 2 is 1.83 bits per heavy atom. The lowest BCUT2D eigenvalue weighted by Gasteiger charge is -2.20. The Morgan fingerprint density at radius 3 is 2.48 bits per heavy atom. The van der Waals surface area contributed by atoms with Gasteiger partial charge in [-0.1, -0.05) is 6.07 Å². The van der Waals surface area contributed by atoms with E-state index in [1.54, 1.807) is 6.07 Å². The molecule has 3 unspecified atom stereocenters. The van der Waals surface area contributed by atoms with Crippen molar-refractivity contribution in [2.45, 2.75) is 57.4 Å². The van der Waals surface area contributed by atoms with E-state index in [4.69, 9.17) is 9.47 Å². The highest BCUT2D eigenvalue weighted by atomic mass is 19.4. The summed E-state index contributed by atoms with van der Waals surface area (Å²) in [5.41, 5.74) is -3.00. The second-order valence-electron chi connectivity index (χ2n) is 11.2. The molecule has 2 aliphatic rings. The van der Waals surface area contributed by atoms with E-state index in [2.05, 4.69) is 4.98 Å². The minimum absolute atomic E-state index is 0.0183. The molecule has 1 heterocycles. The van der Waals surface area contributed by atoms with Crippen molar-refractivity contribution in [2.24, 2.45) is 11.8 Å². The van der Waals surface area contributed by atoms with Crippen LogP contribution in [-0.4, -0.2) is 33.4 Å². The molecule has 0 spiro atoms. The summed E-state index contributed by atoms with van der Waals surface area (Å²) in [4.78, 5) is 15.4. The molecule has 6 nitrogen and oxygen atoms in total. The van der Waals surface area contributed by atoms with Crippen LogP contribution in [0.2, 0.25) is 0 Å². The molecule has 224 valence electrons. The number of nitrogens with zero attached hydrogens (tertiary/aromatic N) is 1. The second kappa shape index (κ2) is 10.8. The maximum Gasteiger partial charge on any atom is 0.417 e. The molecule has 3 atom stereocenters. The number of aliphatic hydroxyl groups is 1. The van der Waals surface area contributed by atoms with Crippen LogP contribution in [-0.2, 0) is 24.0 Å². The highest BCUT2D eigenvalue weighted by Crippen LogP contribution is 2.61. The highest BCUT2D eigenvalue weighted by Gasteiger charge is 2.60. The summed E-state index contributed by atoms with van der Waals surface area (Å²) in [6.45, 7) is 2.53. The molecule has 12 heteroatoms. The number of rotatable bonds is 10. The Hall–Kier alpha value is -3.80. The zero-order valence-corrected chi connectivity index (χ0v) is 22.5. The third kappa shape index (κ3) is 6.04. The van der Waals surface area contributed by atoms with E-state index in [1.807, 2.05) is 0 Å². The van der Waals surface area contributed by atoms with Crippen molar-refractivity contribution in [3.05, 3.63) is 76.2 Å². The number of carboxylic acids is 1. The zero-order valence-electron chi connectivity index (χ0n) is 22.5. The Balaban J connectivity index is 1.42. The highest BCUT2D eigenvalue weighted by molar-refractivity contribution is 5.78. The third-order valence-corrected chi connectivity index (χ3v) is 7.67. The van der Waals surface area contributed by atoms with Crippen molar-refractivity contribution in [3.63, 3.8) is 0 Å². The van der Waals surface area contributed by atoms with Crippen LogP contribution in [0.5, 0.6) is 11.6 Å². The first kappa shape index (κ1) is 29.7. The van der Waals surface area contributed by atoms with Crippen molar-refractivity contribution in [3.8, 4) is 22.8 Å². The van der Waals surface area contributed by atoms with Crippen LogP contribution in [0.1, 0.15) is 60.4 Å². The van der Waals surface area contributed by atoms with Crippen molar-refractivity contribution < 1.29 is 50.8 Å². The van der Waals surface area contributed by atoms with Gasteiger partial charge in [-0.05, 0) is 72.7 Å². The van der Waals surface area contributed by atoms with Gasteiger partial charge in [-0.15, -0.1) is 0 Å². The first-order valence-electron chi connectivity index (χ1n) is 13.2. The topological polar surface area (TPSA) is 88.9 Å². The van der Waals surface area contributed by atoms with E-state index >= 15 is 0 Å². The average Bonchev–Trinajstić information content (AvgIpc) is 3.49. The number of benzene rings is 2. The molecule has 2 aliphatic carbocycles. The largest absolute Gasteiger partial charge is 0.493 e. The number of aromatic nitrogens is 1. The maximum atomic E-state index is 14.9. The van der Waals surface area contributed by atoms with Crippen molar-refractivity contribution in [1.82, 2.24) is 4.98 Å². The summed E-state index contributed by atoms with van der Waals surface area (Å²) in [5.74, 6) is -2.63. The van der Waals surface area contributed by atoms with Crippen LogP contribution in [0.15, 0.2) is 42.6 Å². The zero-order chi connectivity index (χ0) is 30.6. The van der Waals surface area contributed by atoms with E-state index in [9.17, 15) is 41.4 Å². The predicted molar refractivity (Wildman–Crippen MR) is 138 cm³/mol. The molecule has 2 N–H and O–H groups in total. The standard InChI is InChI=1S/C30H27F6NO5/c1-29(2,40)5-6-41-16-3-4-17(19(10-16)27(32)33)18-8-15(23(31)11-22(18)30(34,35)36)13-42-24-9-14-7-20-25(21(14)12-37-24)26(20)28(38)39/h3-4,8-12,20,25-27,40H,5-7,13H2,1-2H3,(H,38,39). The molecule has 1 saturated carbocycles.